The molecule has 0 atom stereocenters. The number of hydrogen-bond donors (Lipinski definition) is 1. The Morgan fingerprint density at radius 1 is 1.04 bits per heavy atom. The van der Waals surface area contributed by atoms with Gasteiger partial charge in [0.25, 0.3) is 10.0 Å². The van der Waals surface area contributed by atoms with Gasteiger partial charge in [0.1, 0.15) is 0 Å². The Morgan fingerprint density at radius 2 is 1.72 bits per heavy atom. The molecule has 0 saturated carbocycles. The number of benzene rings is 2. The molecular formula is C18H20N4O2S. The van der Waals surface area contributed by atoms with Crippen LogP contribution in [0.5, 0.6) is 0 Å². The van der Waals surface area contributed by atoms with Crippen LogP contribution in [-0.4, -0.2) is 28.3 Å². The van der Waals surface area contributed by atoms with Gasteiger partial charge in [0.15, 0.2) is 5.82 Å². The lowest BCUT2D eigenvalue weighted by molar-refractivity contribution is 0.582. The topological polar surface area (TPSA) is 76.9 Å². The van der Waals surface area contributed by atoms with Crippen LogP contribution in [-0.2, 0) is 16.6 Å². The highest BCUT2D eigenvalue weighted by atomic mass is 32.2. The zero-order chi connectivity index (χ0) is 17.9. The van der Waals surface area contributed by atoms with Crippen LogP contribution in [0, 0.1) is 6.92 Å². The monoisotopic (exact) mass is 356 g/mol. The molecule has 0 amide bonds. The quantitative estimate of drug-likeness (QED) is 0.734. The molecule has 0 unspecified atom stereocenters. The molecule has 0 bridgehead atoms. The van der Waals surface area contributed by atoms with E-state index >= 15 is 0 Å². The van der Waals surface area contributed by atoms with Crippen LogP contribution in [0.25, 0.3) is 11.4 Å². The van der Waals surface area contributed by atoms with Crippen molar-refractivity contribution in [3.63, 3.8) is 0 Å². The highest BCUT2D eigenvalue weighted by Crippen LogP contribution is 2.20. The van der Waals surface area contributed by atoms with Crippen LogP contribution in [0.3, 0.4) is 0 Å². The van der Waals surface area contributed by atoms with E-state index in [4.69, 9.17) is 0 Å². The maximum absolute atomic E-state index is 12.4. The Balaban J connectivity index is 1.96. The summed E-state index contributed by atoms with van der Waals surface area (Å²) in [6.07, 6.45) is 0. The van der Waals surface area contributed by atoms with E-state index in [0.717, 1.165) is 20.8 Å². The number of nitrogens with one attached hydrogen (secondary N) is 1. The highest BCUT2D eigenvalue weighted by molar-refractivity contribution is 7.89. The van der Waals surface area contributed by atoms with Crippen molar-refractivity contribution >= 4 is 16.0 Å². The summed E-state index contributed by atoms with van der Waals surface area (Å²) in [5.74, 6) is 0.554. The zero-order valence-corrected chi connectivity index (χ0v) is 15.0. The zero-order valence-electron chi connectivity index (χ0n) is 14.2. The fraction of sp³-hybridized carbons (Fsp3) is 0.222. The second-order valence-electron chi connectivity index (χ2n) is 5.71. The van der Waals surface area contributed by atoms with Crippen LogP contribution >= 0.6 is 0 Å². The molecule has 0 aliphatic heterocycles. The van der Waals surface area contributed by atoms with Crippen molar-refractivity contribution in [1.29, 1.82) is 0 Å². The van der Waals surface area contributed by atoms with Gasteiger partial charge in [-0.2, -0.15) is 4.98 Å². The lowest BCUT2D eigenvalue weighted by Gasteiger charge is -2.07. The molecule has 130 valence electrons. The first-order chi connectivity index (χ1) is 12.0. The van der Waals surface area contributed by atoms with E-state index in [1.165, 1.54) is 0 Å². The van der Waals surface area contributed by atoms with Gasteiger partial charge in [-0.05, 0) is 19.4 Å². The second kappa shape index (κ2) is 7.06. The molecule has 1 N–H and O–H groups in total. The molecule has 0 fully saturated rings. The molecule has 0 aliphatic rings. The van der Waals surface area contributed by atoms with Crippen molar-refractivity contribution < 1.29 is 8.42 Å². The predicted molar refractivity (Wildman–Crippen MR) is 98.8 cm³/mol. The summed E-state index contributed by atoms with van der Waals surface area (Å²) in [6.45, 7) is 4.04. The first-order valence-electron chi connectivity index (χ1n) is 8.05. The number of aromatic nitrogens is 3. The minimum Gasteiger partial charge on any atom is -0.349 e. The van der Waals surface area contributed by atoms with Gasteiger partial charge in [-0.1, -0.05) is 60.2 Å². The normalized spacial score (nSPS) is 11.4. The average Bonchev–Trinajstić information content (AvgIpc) is 3.06. The first-order valence-corrected chi connectivity index (χ1v) is 9.65. The third-order valence-corrected chi connectivity index (χ3v) is 5.32. The number of rotatable bonds is 6. The molecule has 0 aliphatic carbocycles. The Kier molecular flexibility index (Phi) is 4.85. The summed E-state index contributed by atoms with van der Waals surface area (Å²) in [5, 5.41) is 7.30. The van der Waals surface area contributed by atoms with E-state index in [9.17, 15) is 8.42 Å². The van der Waals surface area contributed by atoms with Crippen molar-refractivity contribution in [1.82, 2.24) is 14.2 Å². The second-order valence-corrected chi connectivity index (χ2v) is 7.79. The molecule has 25 heavy (non-hydrogen) atoms. The van der Waals surface area contributed by atoms with Gasteiger partial charge in [-0.3, -0.25) is 0 Å². The van der Waals surface area contributed by atoms with E-state index in [0.29, 0.717) is 12.4 Å². The van der Waals surface area contributed by atoms with Crippen LogP contribution in [0.2, 0.25) is 0 Å². The third-order valence-electron chi connectivity index (χ3n) is 3.81. The van der Waals surface area contributed by atoms with Gasteiger partial charge in [0.2, 0.25) is 5.95 Å². The van der Waals surface area contributed by atoms with Gasteiger partial charge in [-0.25, -0.2) is 8.42 Å². The predicted octanol–water partition coefficient (Wildman–Crippen LogP) is 3.06. The van der Waals surface area contributed by atoms with Crippen LogP contribution in [0.1, 0.15) is 18.1 Å². The summed E-state index contributed by atoms with van der Waals surface area (Å²) < 4.78 is 25.7. The summed E-state index contributed by atoms with van der Waals surface area (Å²) in [7, 11) is -3.55. The minimum absolute atomic E-state index is 0.0519. The Morgan fingerprint density at radius 3 is 2.36 bits per heavy atom. The SMILES string of the molecule is CCS(=O)(=O)n1nc(-c2ccc(C)cc2)nc1NCc1ccccc1. The standard InChI is InChI=1S/C18H20N4O2S/c1-3-25(23,24)22-18(19-13-15-7-5-4-6-8-15)20-17(21-22)16-11-9-14(2)10-12-16/h4-12H,3,13H2,1-2H3,(H,19,20,21). The van der Waals surface area contributed by atoms with Crippen LogP contribution in [0.15, 0.2) is 54.6 Å². The molecule has 0 saturated heterocycles. The van der Waals surface area contributed by atoms with E-state index in [1.54, 1.807) is 6.92 Å². The third kappa shape index (κ3) is 3.88. The summed E-state index contributed by atoms with van der Waals surface area (Å²) in [5.41, 5.74) is 2.92. The van der Waals surface area contributed by atoms with Gasteiger partial charge in [-0.15, -0.1) is 9.19 Å². The van der Waals surface area contributed by atoms with Gasteiger partial charge in [0, 0.05) is 12.1 Å². The largest absolute Gasteiger partial charge is 0.349 e. The fourth-order valence-electron chi connectivity index (χ4n) is 2.32. The number of nitrogens with zero attached hydrogens (tertiary/aromatic N) is 3. The van der Waals surface area contributed by atoms with E-state index in [1.807, 2.05) is 61.5 Å². The summed E-state index contributed by atoms with van der Waals surface area (Å²) in [4.78, 5) is 4.40. The lowest BCUT2D eigenvalue weighted by atomic mass is 10.1. The maximum Gasteiger partial charge on any atom is 0.256 e. The van der Waals surface area contributed by atoms with Crippen molar-refractivity contribution in [2.45, 2.75) is 20.4 Å². The van der Waals surface area contributed by atoms with Gasteiger partial charge in [0.05, 0.1) is 5.75 Å². The molecule has 7 heteroatoms. The minimum atomic E-state index is -3.55. The number of hydrogen-bond acceptors (Lipinski definition) is 5. The average molecular weight is 356 g/mol. The van der Waals surface area contributed by atoms with Crippen molar-refractivity contribution in [3.05, 3.63) is 65.7 Å². The summed E-state index contributed by atoms with van der Waals surface area (Å²) >= 11 is 0. The van der Waals surface area contributed by atoms with Gasteiger partial charge < -0.3 is 5.32 Å². The molecule has 2 aromatic carbocycles. The highest BCUT2D eigenvalue weighted by Gasteiger charge is 2.20. The Labute approximate surface area is 147 Å². The number of aryl methyl sites for hydroxylation is 1. The van der Waals surface area contributed by atoms with Crippen molar-refractivity contribution in [2.75, 3.05) is 11.1 Å². The van der Waals surface area contributed by atoms with E-state index in [-0.39, 0.29) is 11.7 Å². The van der Waals surface area contributed by atoms with Gasteiger partial charge >= 0.3 is 0 Å². The molecule has 0 spiro atoms. The van der Waals surface area contributed by atoms with Crippen molar-refractivity contribution in [3.8, 4) is 11.4 Å². The Hall–Kier alpha value is -2.67. The Bertz CT molecular complexity index is 949. The van der Waals surface area contributed by atoms with Crippen molar-refractivity contribution in [2.24, 2.45) is 0 Å². The molecular weight excluding hydrogens is 336 g/mol. The smallest absolute Gasteiger partial charge is 0.256 e. The van der Waals surface area contributed by atoms with Crippen LogP contribution < -0.4 is 5.32 Å². The molecule has 1 heterocycles. The fourth-order valence-corrected chi connectivity index (χ4v) is 3.14. The molecule has 6 nitrogen and oxygen atoms in total. The van der Waals surface area contributed by atoms with E-state index in [2.05, 4.69) is 15.4 Å². The molecule has 1 aromatic heterocycles. The van der Waals surface area contributed by atoms with Crippen LogP contribution in [0.4, 0.5) is 5.95 Å². The summed E-state index contributed by atoms with van der Waals surface area (Å²) in [6, 6.07) is 17.4. The molecule has 3 rings (SSSR count). The lowest BCUT2D eigenvalue weighted by Crippen LogP contribution is -2.19. The molecule has 3 aromatic rings. The first kappa shape index (κ1) is 17.2. The number of anilines is 1. The maximum atomic E-state index is 12.4. The van der Waals surface area contributed by atoms with E-state index < -0.39 is 10.0 Å². The molecule has 0 radical (unpaired) electrons.